The first-order valence-electron chi connectivity index (χ1n) is 9.47. The van der Waals surface area contributed by atoms with E-state index in [0.717, 1.165) is 45.2 Å². The van der Waals surface area contributed by atoms with Crippen LogP contribution in [0, 0.1) is 0 Å². The Morgan fingerprint density at radius 3 is 2.56 bits per heavy atom. The molecule has 0 radical (unpaired) electrons. The summed E-state index contributed by atoms with van der Waals surface area (Å²) >= 11 is 3.56. The molecule has 3 aromatic rings. The molecule has 27 heavy (non-hydrogen) atoms. The molecule has 4 heteroatoms. The monoisotopic (exact) mass is 425 g/mol. The summed E-state index contributed by atoms with van der Waals surface area (Å²) in [6, 6.07) is 18.2. The normalized spacial score (nSPS) is 16.4. The molecule has 0 aromatic heterocycles. The van der Waals surface area contributed by atoms with E-state index in [4.69, 9.17) is 4.74 Å². The van der Waals surface area contributed by atoms with Gasteiger partial charge in [-0.2, -0.15) is 0 Å². The van der Waals surface area contributed by atoms with Crippen LogP contribution in [0.5, 0.6) is 11.5 Å². The maximum Gasteiger partial charge on any atom is 0.123 e. The zero-order valence-electron chi connectivity index (χ0n) is 15.5. The summed E-state index contributed by atoms with van der Waals surface area (Å²) in [4.78, 5) is 2.48. The number of aromatic hydroxyl groups is 1. The summed E-state index contributed by atoms with van der Waals surface area (Å²) in [5.41, 5.74) is 2.07. The molecule has 1 aliphatic rings. The van der Waals surface area contributed by atoms with E-state index in [1.807, 2.05) is 36.4 Å². The Bertz CT molecular complexity index is 950. The largest absolute Gasteiger partial charge is 0.508 e. The fraction of sp³-hybridized carbons (Fsp3) is 0.304. The molecular formula is C23H24BrNO2. The minimum atomic E-state index is -0.0358. The number of piperidine rings is 1. The third kappa shape index (κ3) is 3.56. The van der Waals surface area contributed by atoms with Gasteiger partial charge in [-0.15, -0.1) is 0 Å². The lowest BCUT2D eigenvalue weighted by Crippen LogP contribution is -2.34. The molecule has 0 bridgehead atoms. The van der Waals surface area contributed by atoms with Gasteiger partial charge in [0.1, 0.15) is 11.5 Å². The number of hydrogen-bond donors (Lipinski definition) is 1. The number of methoxy groups -OCH3 is 1. The molecule has 1 heterocycles. The molecule has 3 nitrogen and oxygen atoms in total. The van der Waals surface area contributed by atoms with E-state index in [1.165, 1.54) is 19.3 Å². The van der Waals surface area contributed by atoms with Gasteiger partial charge in [0, 0.05) is 15.6 Å². The van der Waals surface area contributed by atoms with Crippen LogP contribution in [0.15, 0.2) is 59.1 Å². The summed E-state index contributed by atoms with van der Waals surface area (Å²) < 4.78 is 6.73. The van der Waals surface area contributed by atoms with Crippen molar-refractivity contribution in [1.82, 2.24) is 4.90 Å². The Kier molecular flexibility index (Phi) is 5.37. The fourth-order valence-electron chi connectivity index (χ4n) is 4.20. The van der Waals surface area contributed by atoms with E-state index < -0.39 is 0 Å². The predicted octanol–water partition coefficient (Wildman–Crippen LogP) is 5.89. The zero-order valence-corrected chi connectivity index (χ0v) is 17.1. The average Bonchev–Trinajstić information content (AvgIpc) is 2.71. The van der Waals surface area contributed by atoms with Crippen LogP contribution in [-0.4, -0.2) is 30.2 Å². The highest BCUT2D eigenvalue weighted by Gasteiger charge is 2.29. The molecule has 140 valence electrons. The molecule has 1 N–H and O–H groups in total. The first-order chi connectivity index (χ1) is 13.2. The molecule has 0 aliphatic carbocycles. The topological polar surface area (TPSA) is 32.7 Å². The summed E-state index contributed by atoms with van der Waals surface area (Å²) in [6.45, 7) is 2.05. The fourth-order valence-corrected chi connectivity index (χ4v) is 4.58. The zero-order chi connectivity index (χ0) is 18.8. The number of phenols is 1. The van der Waals surface area contributed by atoms with E-state index in [0.29, 0.717) is 5.75 Å². The molecule has 1 saturated heterocycles. The van der Waals surface area contributed by atoms with Crippen molar-refractivity contribution in [3.63, 3.8) is 0 Å². The van der Waals surface area contributed by atoms with Crippen molar-refractivity contribution < 1.29 is 9.84 Å². The summed E-state index contributed by atoms with van der Waals surface area (Å²) in [6.07, 6.45) is 3.63. The first kappa shape index (κ1) is 18.3. The maximum absolute atomic E-state index is 10.9. The minimum absolute atomic E-state index is 0.0358. The van der Waals surface area contributed by atoms with Gasteiger partial charge in [-0.1, -0.05) is 52.7 Å². The van der Waals surface area contributed by atoms with Gasteiger partial charge in [0.2, 0.25) is 0 Å². The van der Waals surface area contributed by atoms with E-state index >= 15 is 0 Å². The van der Waals surface area contributed by atoms with Crippen LogP contribution in [-0.2, 0) is 0 Å². The molecule has 4 rings (SSSR count). The molecule has 1 atom stereocenters. The highest BCUT2D eigenvalue weighted by Crippen LogP contribution is 2.43. The van der Waals surface area contributed by atoms with Crippen molar-refractivity contribution in [2.75, 3.05) is 20.2 Å². The van der Waals surface area contributed by atoms with Crippen molar-refractivity contribution in [2.45, 2.75) is 25.3 Å². The second kappa shape index (κ2) is 7.91. The van der Waals surface area contributed by atoms with Crippen LogP contribution in [0.2, 0.25) is 0 Å². The van der Waals surface area contributed by atoms with Crippen molar-refractivity contribution >= 4 is 26.7 Å². The Morgan fingerprint density at radius 1 is 1.00 bits per heavy atom. The second-order valence-corrected chi connectivity index (χ2v) is 8.02. The number of halogens is 1. The highest BCUT2D eigenvalue weighted by molar-refractivity contribution is 9.10. The first-order valence-corrected chi connectivity index (χ1v) is 10.3. The smallest absolute Gasteiger partial charge is 0.123 e. The minimum Gasteiger partial charge on any atom is -0.508 e. The standard InChI is InChI=1S/C23H24BrNO2/c1-27-21-8-4-3-7-19(21)23(25-13-5-2-6-14-25)22-18-11-10-17(24)15-16(18)9-12-20(22)26/h3-4,7-12,15,23,26H,2,5-6,13-14H2,1H3. The molecule has 1 aliphatic heterocycles. The van der Waals surface area contributed by atoms with E-state index in [2.05, 4.69) is 39.0 Å². The summed E-state index contributed by atoms with van der Waals surface area (Å²) in [5.74, 6) is 1.20. The van der Waals surface area contributed by atoms with Crippen molar-refractivity contribution in [3.8, 4) is 11.5 Å². The Morgan fingerprint density at radius 2 is 1.78 bits per heavy atom. The van der Waals surface area contributed by atoms with E-state index in [9.17, 15) is 5.11 Å². The lowest BCUT2D eigenvalue weighted by atomic mass is 9.90. The number of ether oxygens (including phenoxy) is 1. The van der Waals surface area contributed by atoms with Gasteiger partial charge in [-0.05, 0) is 61.0 Å². The molecule has 3 aromatic carbocycles. The van der Waals surface area contributed by atoms with Crippen LogP contribution < -0.4 is 4.74 Å². The number of rotatable bonds is 4. The average molecular weight is 426 g/mol. The number of likely N-dealkylation sites (tertiary alicyclic amines) is 1. The SMILES string of the molecule is COc1ccccc1C(c1c(O)ccc2cc(Br)ccc12)N1CCCCC1. The third-order valence-electron chi connectivity index (χ3n) is 5.46. The van der Waals surface area contributed by atoms with Gasteiger partial charge in [0.05, 0.1) is 13.2 Å². The van der Waals surface area contributed by atoms with Crippen molar-refractivity contribution in [3.05, 3.63) is 70.2 Å². The van der Waals surface area contributed by atoms with E-state index in [1.54, 1.807) is 7.11 Å². The summed E-state index contributed by atoms with van der Waals surface area (Å²) in [5, 5.41) is 13.1. The molecule has 0 saturated carbocycles. The number of nitrogens with zero attached hydrogens (tertiary/aromatic N) is 1. The van der Waals surface area contributed by atoms with Gasteiger partial charge in [0.15, 0.2) is 0 Å². The highest BCUT2D eigenvalue weighted by atomic mass is 79.9. The van der Waals surface area contributed by atoms with Crippen LogP contribution in [0.25, 0.3) is 10.8 Å². The van der Waals surface area contributed by atoms with Gasteiger partial charge in [-0.3, -0.25) is 4.90 Å². The Labute approximate surface area is 168 Å². The Balaban J connectivity index is 1.96. The van der Waals surface area contributed by atoms with Crippen molar-refractivity contribution in [2.24, 2.45) is 0 Å². The van der Waals surface area contributed by atoms with E-state index in [-0.39, 0.29) is 6.04 Å². The number of benzene rings is 3. The van der Waals surface area contributed by atoms with Crippen LogP contribution in [0.1, 0.15) is 36.4 Å². The molecule has 0 amide bonds. The molecule has 0 spiro atoms. The van der Waals surface area contributed by atoms with Crippen molar-refractivity contribution in [1.29, 1.82) is 0 Å². The number of phenolic OH excluding ortho intramolecular Hbond substituents is 1. The molecular weight excluding hydrogens is 402 g/mol. The van der Waals surface area contributed by atoms with Gasteiger partial charge >= 0.3 is 0 Å². The number of para-hydroxylation sites is 1. The Hall–Kier alpha value is -2.04. The molecule has 1 fully saturated rings. The summed E-state index contributed by atoms with van der Waals surface area (Å²) in [7, 11) is 1.71. The van der Waals surface area contributed by atoms with Gasteiger partial charge < -0.3 is 9.84 Å². The maximum atomic E-state index is 10.9. The number of hydrogen-bond acceptors (Lipinski definition) is 3. The van der Waals surface area contributed by atoms with Gasteiger partial charge in [-0.25, -0.2) is 0 Å². The van der Waals surface area contributed by atoms with Crippen LogP contribution in [0.3, 0.4) is 0 Å². The van der Waals surface area contributed by atoms with Crippen LogP contribution in [0.4, 0.5) is 0 Å². The third-order valence-corrected chi connectivity index (χ3v) is 5.96. The number of fused-ring (bicyclic) bond motifs is 1. The lowest BCUT2D eigenvalue weighted by Gasteiger charge is -2.36. The second-order valence-electron chi connectivity index (χ2n) is 7.10. The lowest BCUT2D eigenvalue weighted by molar-refractivity contribution is 0.183. The quantitative estimate of drug-likeness (QED) is 0.565. The molecule has 1 unspecified atom stereocenters. The predicted molar refractivity (Wildman–Crippen MR) is 114 cm³/mol. The van der Waals surface area contributed by atoms with Gasteiger partial charge in [0.25, 0.3) is 0 Å². The van der Waals surface area contributed by atoms with Crippen LogP contribution >= 0.6 is 15.9 Å².